The summed E-state index contributed by atoms with van der Waals surface area (Å²) < 4.78 is 5.14. The topological polar surface area (TPSA) is 49.7 Å². The Morgan fingerprint density at radius 1 is 0.882 bits per heavy atom. The first-order valence-electron chi connectivity index (χ1n) is 6.52. The van der Waals surface area contributed by atoms with Crippen LogP contribution in [-0.4, -0.2) is 22.4 Å². The molecular formula is C14H26O3. The van der Waals surface area contributed by atoms with Gasteiger partial charge in [0, 0.05) is 0 Å². The van der Waals surface area contributed by atoms with Crippen LogP contribution in [-0.2, 0) is 4.74 Å². The minimum absolute atomic E-state index is 0.203. The molecule has 2 unspecified atom stereocenters. The van der Waals surface area contributed by atoms with Crippen LogP contribution in [0.2, 0.25) is 0 Å². The Morgan fingerprint density at radius 3 is 1.65 bits per heavy atom. The largest absolute Gasteiger partial charge is 0.473 e. The number of rotatable bonds is 10. The second-order valence-electron chi connectivity index (χ2n) is 4.16. The van der Waals surface area contributed by atoms with Crippen LogP contribution < -0.4 is 0 Å². The first-order valence-corrected chi connectivity index (χ1v) is 6.52. The zero-order valence-corrected chi connectivity index (χ0v) is 11.0. The lowest BCUT2D eigenvalue weighted by Crippen LogP contribution is -2.02. The second kappa shape index (κ2) is 11.7. The quantitative estimate of drug-likeness (QED) is 0.579. The summed E-state index contributed by atoms with van der Waals surface area (Å²) in [7, 11) is 0. The number of hydrogen-bond acceptors (Lipinski definition) is 3. The van der Waals surface area contributed by atoms with Crippen LogP contribution in [0.25, 0.3) is 0 Å². The first kappa shape index (κ1) is 16.2. The second-order valence-corrected chi connectivity index (χ2v) is 4.16. The fourth-order valence-corrected chi connectivity index (χ4v) is 1.28. The van der Waals surface area contributed by atoms with E-state index in [1.165, 1.54) is 0 Å². The van der Waals surface area contributed by atoms with Gasteiger partial charge in [-0.25, -0.2) is 0 Å². The van der Waals surface area contributed by atoms with Crippen LogP contribution in [0, 0.1) is 0 Å². The molecule has 0 aromatic carbocycles. The molecular weight excluding hydrogens is 216 g/mol. The van der Waals surface area contributed by atoms with Crippen molar-refractivity contribution in [2.45, 2.75) is 64.6 Å². The third-order valence-electron chi connectivity index (χ3n) is 2.63. The molecule has 0 aromatic rings. The van der Waals surface area contributed by atoms with E-state index in [9.17, 15) is 10.2 Å². The molecule has 2 atom stereocenters. The predicted molar refractivity (Wildman–Crippen MR) is 70.4 cm³/mol. The maximum Gasteiger partial charge on any atom is 0.0861 e. The van der Waals surface area contributed by atoms with Gasteiger partial charge < -0.3 is 14.9 Å². The number of aliphatic hydroxyl groups excluding tert-OH is 2. The molecule has 3 nitrogen and oxygen atoms in total. The van der Waals surface area contributed by atoms with E-state index in [4.69, 9.17) is 4.74 Å². The molecule has 0 aliphatic rings. The van der Waals surface area contributed by atoms with Crippen molar-refractivity contribution in [3.05, 3.63) is 24.7 Å². The van der Waals surface area contributed by atoms with Gasteiger partial charge in [0.05, 0.1) is 24.7 Å². The summed E-state index contributed by atoms with van der Waals surface area (Å²) in [5.41, 5.74) is 0. The van der Waals surface area contributed by atoms with E-state index in [2.05, 4.69) is 0 Å². The summed E-state index contributed by atoms with van der Waals surface area (Å²) in [4.78, 5) is 0. The van der Waals surface area contributed by atoms with E-state index in [0.29, 0.717) is 0 Å². The van der Waals surface area contributed by atoms with Gasteiger partial charge >= 0.3 is 0 Å². The number of hydrogen-bond donors (Lipinski definition) is 2. The van der Waals surface area contributed by atoms with Crippen LogP contribution in [0.5, 0.6) is 0 Å². The van der Waals surface area contributed by atoms with Gasteiger partial charge in [0.1, 0.15) is 0 Å². The summed E-state index contributed by atoms with van der Waals surface area (Å²) >= 11 is 0. The number of aliphatic hydroxyl groups is 2. The van der Waals surface area contributed by atoms with Crippen molar-refractivity contribution >= 4 is 0 Å². The van der Waals surface area contributed by atoms with Crippen molar-refractivity contribution in [3.63, 3.8) is 0 Å². The third-order valence-corrected chi connectivity index (χ3v) is 2.63. The van der Waals surface area contributed by atoms with Crippen molar-refractivity contribution < 1.29 is 14.9 Å². The van der Waals surface area contributed by atoms with Crippen molar-refractivity contribution in [2.75, 3.05) is 0 Å². The molecule has 0 radical (unpaired) electrons. The molecule has 100 valence electrons. The van der Waals surface area contributed by atoms with Crippen molar-refractivity contribution in [1.82, 2.24) is 0 Å². The average molecular weight is 242 g/mol. The summed E-state index contributed by atoms with van der Waals surface area (Å²) in [6.45, 7) is 3.94. The standard InChI is InChI=1S/C14H26O3/c1-3-13(15)9-5-7-11-17-12-8-6-10-14(16)4-2/h7-8,11-16H,3-6,9-10H2,1-2H3. The highest BCUT2D eigenvalue weighted by Gasteiger charge is 1.97. The van der Waals surface area contributed by atoms with E-state index < -0.39 is 0 Å². The molecule has 0 heterocycles. The van der Waals surface area contributed by atoms with E-state index in [-0.39, 0.29) is 12.2 Å². The SMILES string of the molecule is CCC(O)CCC=COC=CCCC(O)CC. The molecule has 0 aromatic heterocycles. The lowest BCUT2D eigenvalue weighted by atomic mass is 10.1. The summed E-state index contributed by atoms with van der Waals surface area (Å²) in [6, 6.07) is 0. The average Bonchev–Trinajstić information content (AvgIpc) is 2.35. The van der Waals surface area contributed by atoms with Crippen LogP contribution >= 0.6 is 0 Å². The zero-order valence-electron chi connectivity index (χ0n) is 11.0. The lowest BCUT2D eigenvalue weighted by Gasteiger charge is -2.03. The van der Waals surface area contributed by atoms with Crippen LogP contribution in [0.15, 0.2) is 24.7 Å². The molecule has 0 amide bonds. The molecule has 0 spiro atoms. The summed E-state index contributed by atoms with van der Waals surface area (Å²) in [6.07, 6.45) is 11.5. The van der Waals surface area contributed by atoms with E-state index in [1.54, 1.807) is 12.5 Å². The van der Waals surface area contributed by atoms with Crippen LogP contribution in [0.1, 0.15) is 52.4 Å². The van der Waals surface area contributed by atoms with Gasteiger partial charge in [-0.3, -0.25) is 0 Å². The Hall–Kier alpha value is -0.800. The molecule has 0 saturated heterocycles. The smallest absolute Gasteiger partial charge is 0.0861 e. The third kappa shape index (κ3) is 11.5. The Morgan fingerprint density at radius 2 is 1.29 bits per heavy atom. The maximum atomic E-state index is 9.29. The van der Waals surface area contributed by atoms with E-state index in [1.807, 2.05) is 26.0 Å². The molecule has 3 heteroatoms. The zero-order chi connectivity index (χ0) is 12.9. The van der Waals surface area contributed by atoms with Crippen molar-refractivity contribution in [3.8, 4) is 0 Å². The predicted octanol–water partition coefficient (Wildman–Crippen LogP) is 3.13. The highest BCUT2D eigenvalue weighted by Crippen LogP contribution is 2.03. The Bertz CT molecular complexity index is 190. The first-order chi connectivity index (χ1) is 8.20. The highest BCUT2D eigenvalue weighted by molar-refractivity contribution is 4.81. The van der Waals surface area contributed by atoms with Crippen molar-refractivity contribution in [1.29, 1.82) is 0 Å². The van der Waals surface area contributed by atoms with Gasteiger partial charge in [-0.15, -0.1) is 0 Å². The molecule has 0 aliphatic heterocycles. The fourth-order valence-electron chi connectivity index (χ4n) is 1.28. The van der Waals surface area contributed by atoms with Crippen LogP contribution in [0.4, 0.5) is 0 Å². The van der Waals surface area contributed by atoms with Crippen molar-refractivity contribution in [2.24, 2.45) is 0 Å². The van der Waals surface area contributed by atoms with E-state index in [0.717, 1.165) is 38.5 Å². The van der Waals surface area contributed by atoms with Gasteiger partial charge in [0.2, 0.25) is 0 Å². The minimum atomic E-state index is -0.203. The number of ether oxygens (including phenoxy) is 1. The van der Waals surface area contributed by atoms with Gasteiger partial charge in [-0.05, 0) is 50.7 Å². The van der Waals surface area contributed by atoms with Crippen LogP contribution in [0.3, 0.4) is 0 Å². The Kier molecular flexibility index (Phi) is 11.1. The molecule has 17 heavy (non-hydrogen) atoms. The Balaban J connectivity index is 3.37. The monoisotopic (exact) mass is 242 g/mol. The molecule has 2 N–H and O–H groups in total. The van der Waals surface area contributed by atoms with Gasteiger partial charge in [-0.2, -0.15) is 0 Å². The highest BCUT2D eigenvalue weighted by atomic mass is 16.5. The van der Waals surface area contributed by atoms with Gasteiger partial charge in [-0.1, -0.05) is 13.8 Å². The normalized spacial score (nSPS) is 15.5. The minimum Gasteiger partial charge on any atom is -0.473 e. The molecule has 0 saturated carbocycles. The molecule has 0 bridgehead atoms. The molecule has 0 fully saturated rings. The molecule has 0 rings (SSSR count). The van der Waals surface area contributed by atoms with Gasteiger partial charge in [0.25, 0.3) is 0 Å². The summed E-state index contributed by atoms with van der Waals surface area (Å²) in [5, 5.41) is 18.6. The fraction of sp³-hybridized carbons (Fsp3) is 0.714. The van der Waals surface area contributed by atoms with E-state index >= 15 is 0 Å². The Labute approximate surface area is 105 Å². The maximum absolute atomic E-state index is 9.29. The summed E-state index contributed by atoms with van der Waals surface area (Å²) in [5.74, 6) is 0. The number of allylic oxidation sites excluding steroid dienone is 2. The van der Waals surface area contributed by atoms with Gasteiger partial charge in [0.15, 0.2) is 0 Å². The molecule has 0 aliphatic carbocycles. The lowest BCUT2D eigenvalue weighted by molar-refractivity contribution is 0.161.